The molecule has 5 heteroatoms. The van der Waals surface area contributed by atoms with E-state index in [1.54, 1.807) is 7.11 Å². The highest BCUT2D eigenvalue weighted by Gasteiger charge is 2.08. The number of methoxy groups -OCH3 is 1. The lowest BCUT2D eigenvalue weighted by molar-refractivity contribution is 0.300. The number of hydrogen-bond acceptors (Lipinski definition) is 4. The Balaban J connectivity index is 1.89. The summed E-state index contributed by atoms with van der Waals surface area (Å²) in [7, 11) is 1.61. The maximum Gasteiger partial charge on any atom is 0.137 e. The standard InChI is InChI=1S/C18H25ClN2O2/c1-4-21(5-2)11-10-20-13-15-7-9-17(23-15)14-6-8-18(22-3)16(19)12-14/h6-9,12,20H,4-5,10-11,13H2,1-3H3. The van der Waals surface area contributed by atoms with Gasteiger partial charge in [0.15, 0.2) is 0 Å². The van der Waals surface area contributed by atoms with Gasteiger partial charge in [0.2, 0.25) is 0 Å². The first-order valence-corrected chi connectivity index (χ1v) is 8.41. The molecule has 0 fully saturated rings. The van der Waals surface area contributed by atoms with Gasteiger partial charge in [-0.1, -0.05) is 25.4 Å². The second-order valence-corrected chi connectivity index (χ2v) is 5.73. The predicted molar refractivity (Wildman–Crippen MR) is 95.2 cm³/mol. The van der Waals surface area contributed by atoms with Gasteiger partial charge in [-0.2, -0.15) is 0 Å². The van der Waals surface area contributed by atoms with Crippen LogP contribution in [-0.4, -0.2) is 38.2 Å². The number of likely N-dealkylation sites (N-methyl/N-ethyl adjacent to an activating group) is 1. The molecule has 0 saturated heterocycles. The van der Waals surface area contributed by atoms with Crippen molar-refractivity contribution in [1.82, 2.24) is 10.2 Å². The van der Waals surface area contributed by atoms with E-state index in [1.165, 1.54) is 0 Å². The molecule has 1 heterocycles. The van der Waals surface area contributed by atoms with Crippen LogP contribution in [0.2, 0.25) is 5.02 Å². The van der Waals surface area contributed by atoms with E-state index in [9.17, 15) is 0 Å². The fraction of sp³-hybridized carbons (Fsp3) is 0.444. The van der Waals surface area contributed by atoms with Gasteiger partial charge in [-0.3, -0.25) is 0 Å². The van der Waals surface area contributed by atoms with Crippen LogP contribution in [-0.2, 0) is 6.54 Å². The highest BCUT2D eigenvalue weighted by atomic mass is 35.5. The Labute approximate surface area is 143 Å². The highest BCUT2D eigenvalue weighted by molar-refractivity contribution is 6.32. The minimum Gasteiger partial charge on any atom is -0.495 e. The van der Waals surface area contributed by atoms with Gasteiger partial charge in [-0.25, -0.2) is 0 Å². The lowest BCUT2D eigenvalue weighted by Crippen LogP contribution is -2.31. The number of ether oxygens (including phenoxy) is 1. The van der Waals surface area contributed by atoms with Gasteiger partial charge in [0, 0.05) is 18.7 Å². The molecule has 0 atom stereocenters. The van der Waals surface area contributed by atoms with Gasteiger partial charge in [0.25, 0.3) is 0 Å². The zero-order chi connectivity index (χ0) is 16.7. The summed E-state index contributed by atoms with van der Waals surface area (Å²) in [6.45, 7) is 9.26. The Bertz CT molecular complexity index is 609. The molecule has 0 bridgehead atoms. The smallest absolute Gasteiger partial charge is 0.137 e. The molecule has 0 unspecified atom stereocenters. The normalized spacial score (nSPS) is 11.2. The summed E-state index contributed by atoms with van der Waals surface area (Å²) in [5.41, 5.74) is 0.949. The van der Waals surface area contributed by atoms with Crippen LogP contribution in [0.4, 0.5) is 0 Å². The van der Waals surface area contributed by atoms with Gasteiger partial charge in [-0.05, 0) is 43.4 Å². The van der Waals surface area contributed by atoms with Crippen LogP contribution >= 0.6 is 11.6 Å². The maximum absolute atomic E-state index is 6.16. The third-order valence-electron chi connectivity index (χ3n) is 3.90. The summed E-state index contributed by atoms with van der Waals surface area (Å²) in [6, 6.07) is 9.62. The van der Waals surface area contributed by atoms with Crippen molar-refractivity contribution in [2.24, 2.45) is 0 Å². The fourth-order valence-corrected chi connectivity index (χ4v) is 2.69. The van der Waals surface area contributed by atoms with Gasteiger partial charge in [-0.15, -0.1) is 0 Å². The average molecular weight is 337 g/mol. The third-order valence-corrected chi connectivity index (χ3v) is 4.19. The second kappa shape index (κ2) is 8.96. The van der Waals surface area contributed by atoms with Crippen LogP contribution in [0.5, 0.6) is 5.75 Å². The zero-order valence-electron chi connectivity index (χ0n) is 14.1. The Morgan fingerprint density at radius 1 is 1.17 bits per heavy atom. The second-order valence-electron chi connectivity index (χ2n) is 5.32. The van der Waals surface area contributed by atoms with E-state index >= 15 is 0 Å². The molecule has 0 spiro atoms. The van der Waals surface area contributed by atoms with Gasteiger partial charge in [0.1, 0.15) is 17.3 Å². The van der Waals surface area contributed by atoms with E-state index in [-0.39, 0.29) is 0 Å². The number of halogens is 1. The first-order valence-electron chi connectivity index (χ1n) is 8.03. The van der Waals surface area contributed by atoms with E-state index in [0.717, 1.165) is 49.8 Å². The van der Waals surface area contributed by atoms with Crippen LogP contribution < -0.4 is 10.1 Å². The molecule has 2 aromatic rings. The summed E-state index contributed by atoms with van der Waals surface area (Å²) in [6.07, 6.45) is 0. The SMILES string of the molecule is CCN(CC)CCNCc1ccc(-c2ccc(OC)c(Cl)c2)o1. The molecule has 2 rings (SSSR count). The van der Waals surface area contributed by atoms with Crippen molar-refractivity contribution in [3.8, 4) is 17.1 Å². The number of hydrogen-bond donors (Lipinski definition) is 1. The third kappa shape index (κ3) is 4.99. The first kappa shape index (κ1) is 17.9. The lowest BCUT2D eigenvalue weighted by atomic mass is 10.2. The molecular formula is C18H25ClN2O2. The molecule has 0 radical (unpaired) electrons. The molecule has 0 saturated carbocycles. The van der Waals surface area contributed by atoms with Crippen LogP contribution in [0.15, 0.2) is 34.7 Å². The summed E-state index contributed by atoms with van der Waals surface area (Å²) >= 11 is 6.16. The first-order chi connectivity index (χ1) is 11.2. The summed E-state index contributed by atoms with van der Waals surface area (Å²) in [5.74, 6) is 2.40. The van der Waals surface area contributed by atoms with Crippen LogP contribution in [0.25, 0.3) is 11.3 Å². The Kier molecular flexibility index (Phi) is 6.96. The van der Waals surface area contributed by atoms with Gasteiger partial charge in [0.05, 0.1) is 18.7 Å². The number of nitrogens with zero attached hydrogens (tertiary/aromatic N) is 1. The Morgan fingerprint density at radius 2 is 1.96 bits per heavy atom. The van der Waals surface area contributed by atoms with E-state index in [0.29, 0.717) is 10.8 Å². The minimum atomic E-state index is 0.584. The Morgan fingerprint density at radius 3 is 2.61 bits per heavy atom. The average Bonchev–Trinajstić information content (AvgIpc) is 3.04. The molecule has 0 aliphatic rings. The molecule has 0 aliphatic heterocycles. The van der Waals surface area contributed by atoms with E-state index in [2.05, 4.69) is 24.1 Å². The predicted octanol–water partition coefficient (Wildman–Crippen LogP) is 4.04. The molecule has 23 heavy (non-hydrogen) atoms. The molecule has 4 nitrogen and oxygen atoms in total. The van der Waals surface area contributed by atoms with Crippen molar-refractivity contribution >= 4 is 11.6 Å². The highest BCUT2D eigenvalue weighted by Crippen LogP contribution is 2.31. The van der Waals surface area contributed by atoms with Crippen molar-refractivity contribution in [1.29, 1.82) is 0 Å². The Hall–Kier alpha value is -1.49. The number of furan rings is 1. The van der Waals surface area contributed by atoms with Crippen molar-refractivity contribution in [2.45, 2.75) is 20.4 Å². The van der Waals surface area contributed by atoms with E-state index in [4.69, 9.17) is 20.8 Å². The van der Waals surface area contributed by atoms with Crippen molar-refractivity contribution < 1.29 is 9.15 Å². The van der Waals surface area contributed by atoms with Gasteiger partial charge >= 0.3 is 0 Å². The number of nitrogens with one attached hydrogen (secondary N) is 1. The summed E-state index contributed by atoms with van der Waals surface area (Å²) in [5, 5.41) is 4.00. The molecular weight excluding hydrogens is 312 g/mol. The van der Waals surface area contributed by atoms with Crippen molar-refractivity contribution in [3.05, 3.63) is 41.1 Å². The van der Waals surface area contributed by atoms with Crippen LogP contribution in [0.1, 0.15) is 19.6 Å². The summed E-state index contributed by atoms with van der Waals surface area (Å²) < 4.78 is 11.1. The van der Waals surface area contributed by atoms with E-state index < -0.39 is 0 Å². The fourth-order valence-electron chi connectivity index (χ4n) is 2.44. The molecule has 1 aromatic heterocycles. The van der Waals surface area contributed by atoms with E-state index in [1.807, 2.05) is 30.3 Å². The molecule has 0 aliphatic carbocycles. The van der Waals surface area contributed by atoms with Crippen LogP contribution in [0.3, 0.4) is 0 Å². The molecule has 1 aromatic carbocycles. The molecule has 1 N–H and O–H groups in total. The lowest BCUT2D eigenvalue weighted by Gasteiger charge is -2.17. The summed E-state index contributed by atoms with van der Waals surface area (Å²) in [4.78, 5) is 2.39. The van der Waals surface area contributed by atoms with Gasteiger partial charge < -0.3 is 19.4 Å². The monoisotopic (exact) mass is 336 g/mol. The van der Waals surface area contributed by atoms with Crippen molar-refractivity contribution in [3.63, 3.8) is 0 Å². The van der Waals surface area contributed by atoms with Crippen molar-refractivity contribution in [2.75, 3.05) is 33.3 Å². The molecule has 126 valence electrons. The van der Waals surface area contributed by atoms with Crippen LogP contribution in [0, 0.1) is 0 Å². The number of rotatable bonds is 9. The largest absolute Gasteiger partial charge is 0.495 e. The number of benzene rings is 1. The molecule has 0 amide bonds. The maximum atomic E-state index is 6.16. The zero-order valence-corrected chi connectivity index (χ0v) is 14.8. The topological polar surface area (TPSA) is 37.6 Å². The minimum absolute atomic E-state index is 0.584. The quantitative estimate of drug-likeness (QED) is 0.701.